The molecule has 1 amide bonds. The topological polar surface area (TPSA) is 129 Å². The molecule has 0 saturated heterocycles. The number of nitrogens with one attached hydrogen (secondary N) is 1. The number of benzene rings is 2. The predicted molar refractivity (Wildman–Crippen MR) is 134 cm³/mol. The minimum Gasteiger partial charge on any atom is -0.404 e. The molecule has 0 aliphatic heterocycles. The summed E-state index contributed by atoms with van der Waals surface area (Å²) in [5, 5.41) is 11.2. The summed E-state index contributed by atoms with van der Waals surface area (Å²) in [6.07, 6.45) is -9.84. The zero-order valence-electron chi connectivity index (χ0n) is 21.2. The second kappa shape index (κ2) is 10.7. The van der Waals surface area contributed by atoms with Crippen molar-refractivity contribution < 1.29 is 44.3 Å². The zero-order chi connectivity index (χ0) is 30.3. The molecule has 0 radical (unpaired) electrons. The Bertz CT molecular complexity index is 1720. The fourth-order valence-electron chi connectivity index (χ4n) is 4.05. The highest BCUT2D eigenvalue weighted by molar-refractivity contribution is 7.89. The van der Waals surface area contributed by atoms with Crippen LogP contribution in [0.3, 0.4) is 0 Å². The van der Waals surface area contributed by atoms with Crippen molar-refractivity contribution in [2.45, 2.75) is 37.5 Å². The van der Waals surface area contributed by atoms with Gasteiger partial charge in [0.05, 0.1) is 23.1 Å². The zero-order valence-corrected chi connectivity index (χ0v) is 22.0. The van der Waals surface area contributed by atoms with Crippen molar-refractivity contribution in [1.82, 2.24) is 14.6 Å². The van der Waals surface area contributed by atoms with Crippen LogP contribution in [-0.2, 0) is 28.8 Å². The molecule has 0 unspecified atom stereocenters. The van der Waals surface area contributed by atoms with Crippen LogP contribution in [0.15, 0.2) is 59.6 Å². The van der Waals surface area contributed by atoms with Gasteiger partial charge in [0.25, 0.3) is 0 Å². The molecule has 0 aliphatic rings. The summed E-state index contributed by atoms with van der Waals surface area (Å²) >= 11 is 0. The maximum atomic E-state index is 13.9. The summed E-state index contributed by atoms with van der Waals surface area (Å²) in [7, 11) is -4.32. The Morgan fingerprint density at radius 1 is 1.05 bits per heavy atom. The molecule has 3 N–H and O–H groups in total. The van der Waals surface area contributed by atoms with Gasteiger partial charge < -0.3 is 4.74 Å². The Kier molecular flexibility index (Phi) is 7.75. The first-order valence-electron chi connectivity index (χ1n) is 11.7. The third-order valence-electron chi connectivity index (χ3n) is 5.69. The normalized spacial score (nSPS) is 12.6. The number of anilines is 1. The molecule has 2 aromatic carbocycles. The van der Waals surface area contributed by atoms with Gasteiger partial charge in [0, 0.05) is 5.56 Å². The molecule has 218 valence electrons. The van der Waals surface area contributed by atoms with Crippen LogP contribution in [0.4, 0.5) is 36.8 Å². The smallest absolute Gasteiger partial charge is 0.404 e. The van der Waals surface area contributed by atoms with Crippen LogP contribution in [0.1, 0.15) is 30.7 Å². The average molecular weight is 602 g/mol. The number of amides is 1. The number of nitrogens with zero attached hydrogens (tertiary/aromatic N) is 3. The van der Waals surface area contributed by atoms with E-state index in [1.807, 2.05) is 13.8 Å². The molecule has 2 aromatic heterocycles. The van der Waals surface area contributed by atoms with Crippen molar-refractivity contribution in [3.05, 3.63) is 71.5 Å². The summed E-state index contributed by atoms with van der Waals surface area (Å²) in [6, 6.07) is 8.11. The van der Waals surface area contributed by atoms with Gasteiger partial charge in [-0.3, -0.25) is 5.32 Å². The van der Waals surface area contributed by atoms with Gasteiger partial charge in [0.15, 0.2) is 17.1 Å². The fourth-order valence-corrected chi connectivity index (χ4v) is 4.99. The molecule has 0 saturated carbocycles. The van der Waals surface area contributed by atoms with Gasteiger partial charge in [0.1, 0.15) is 4.90 Å². The van der Waals surface area contributed by atoms with Crippen molar-refractivity contribution in [2.75, 3.05) is 5.32 Å². The van der Waals surface area contributed by atoms with E-state index < -0.39 is 51.1 Å². The second-order valence-corrected chi connectivity index (χ2v) is 10.8. The van der Waals surface area contributed by atoms with Gasteiger partial charge in [-0.15, -0.1) is 0 Å². The lowest BCUT2D eigenvalue weighted by Crippen LogP contribution is -2.22. The fraction of sp³-hybridized carbons (Fsp3) is 0.240. The summed E-state index contributed by atoms with van der Waals surface area (Å²) in [6.45, 7) is 3.68. The first-order chi connectivity index (χ1) is 18.9. The predicted octanol–water partition coefficient (Wildman–Crippen LogP) is 5.89. The first kappa shape index (κ1) is 29.8. The third-order valence-corrected chi connectivity index (χ3v) is 6.74. The average Bonchev–Trinajstić information content (AvgIpc) is 3.23. The Hall–Kier alpha value is -4.18. The van der Waals surface area contributed by atoms with E-state index in [0.717, 1.165) is 18.3 Å². The molecular formula is C25H21F6N5O4S. The molecule has 4 aromatic rings. The Balaban J connectivity index is 1.73. The van der Waals surface area contributed by atoms with Gasteiger partial charge in [-0.2, -0.15) is 31.4 Å². The van der Waals surface area contributed by atoms with E-state index in [-0.39, 0.29) is 27.8 Å². The number of rotatable bonds is 6. The Labute approximate surface area is 229 Å². The lowest BCUT2D eigenvalue weighted by Gasteiger charge is -2.15. The van der Waals surface area contributed by atoms with Crippen LogP contribution in [0.5, 0.6) is 5.75 Å². The van der Waals surface area contributed by atoms with Gasteiger partial charge in [0.2, 0.25) is 10.0 Å². The van der Waals surface area contributed by atoms with Gasteiger partial charge in [-0.05, 0) is 42.2 Å². The largest absolute Gasteiger partial charge is 0.433 e. The standard InChI is InChI=1S/C25H21F6N5O4S/c1-13(2)10-15-4-3-5-17(21(15)41(32,38)39)35-23(37)40-19-12-33-36-20(25(29,30)31)11-18(34-22(19)36)14-6-8-16(9-7-14)24(26,27)28/h3-9,11-13H,10H2,1-2H3,(H,35,37)(H2,32,38,39). The van der Waals surface area contributed by atoms with E-state index in [9.17, 15) is 39.6 Å². The van der Waals surface area contributed by atoms with Crippen molar-refractivity contribution in [3.8, 4) is 17.0 Å². The quantitative estimate of drug-likeness (QED) is 0.265. The molecule has 0 aliphatic carbocycles. The number of hydrogen-bond acceptors (Lipinski definition) is 6. The van der Waals surface area contributed by atoms with Crippen LogP contribution in [0.25, 0.3) is 16.9 Å². The highest BCUT2D eigenvalue weighted by Gasteiger charge is 2.36. The Morgan fingerprint density at radius 3 is 2.27 bits per heavy atom. The molecule has 0 bridgehead atoms. The highest BCUT2D eigenvalue weighted by Crippen LogP contribution is 2.36. The molecule has 4 rings (SSSR count). The molecule has 41 heavy (non-hydrogen) atoms. The lowest BCUT2D eigenvalue weighted by atomic mass is 10.0. The monoisotopic (exact) mass is 601 g/mol. The van der Waals surface area contributed by atoms with E-state index in [0.29, 0.717) is 34.7 Å². The van der Waals surface area contributed by atoms with Gasteiger partial charge >= 0.3 is 18.4 Å². The Morgan fingerprint density at radius 2 is 1.71 bits per heavy atom. The molecule has 9 nitrogen and oxygen atoms in total. The van der Waals surface area contributed by atoms with Crippen molar-refractivity contribution in [3.63, 3.8) is 0 Å². The summed E-state index contributed by atoms with van der Waals surface area (Å²) in [5.74, 6) is -0.512. The minimum absolute atomic E-state index is 0.0317. The van der Waals surface area contributed by atoms with Gasteiger partial charge in [-0.1, -0.05) is 38.1 Å². The third kappa shape index (κ3) is 6.59. The maximum absolute atomic E-state index is 13.9. The van der Waals surface area contributed by atoms with E-state index >= 15 is 0 Å². The molecular weight excluding hydrogens is 580 g/mol. The van der Waals surface area contributed by atoms with E-state index in [1.165, 1.54) is 18.2 Å². The van der Waals surface area contributed by atoms with Crippen LogP contribution in [0, 0.1) is 5.92 Å². The van der Waals surface area contributed by atoms with Crippen LogP contribution < -0.4 is 15.2 Å². The van der Waals surface area contributed by atoms with Crippen LogP contribution in [-0.4, -0.2) is 29.1 Å². The number of hydrogen-bond donors (Lipinski definition) is 2. The summed E-state index contributed by atoms with van der Waals surface area (Å²) in [5.41, 5.74) is -3.28. The number of nitrogens with two attached hydrogens (primary N) is 1. The number of ether oxygens (including phenoxy) is 1. The molecule has 16 heteroatoms. The van der Waals surface area contributed by atoms with Crippen LogP contribution >= 0.6 is 0 Å². The highest BCUT2D eigenvalue weighted by atomic mass is 32.2. The van der Waals surface area contributed by atoms with Crippen LogP contribution in [0.2, 0.25) is 0 Å². The summed E-state index contributed by atoms with van der Waals surface area (Å²) < 4.78 is 110. The number of sulfonamides is 1. The van der Waals surface area contributed by atoms with E-state index in [4.69, 9.17) is 9.88 Å². The maximum Gasteiger partial charge on any atom is 0.433 e. The first-order valence-corrected chi connectivity index (χ1v) is 13.3. The van der Waals surface area contributed by atoms with Gasteiger partial charge in [-0.25, -0.2) is 27.9 Å². The lowest BCUT2D eigenvalue weighted by molar-refractivity contribution is -0.142. The number of alkyl halides is 6. The molecule has 2 heterocycles. The van der Waals surface area contributed by atoms with E-state index in [2.05, 4.69) is 15.4 Å². The van der Waals surface area contributed by atoms with Crippen molar-refractivity contribution >= 4 is 27.5 Å². The molecule has 0 fully saturated rings. The summed E-state index contributed by atoms with van der Waals surface area (Å²) in [4.78, 5) is 16.4. The number of primary sulfonamides is 1. The number of halogens is 6. The number of carbonyl (C=O) groups is 1. The SMILES string of the molecule is CC(C)Cc1cccc(NC(=O)Oc2cnn3c(C(F)(F)F)cc(-c4ccc(C(F)(F)F)cc4)nc23)c1S(N)(=O)=O. The number of fused-ring (bicyclic) bond motifs is 1. The molecule has 0 spiro atoms. The second-order valence-electron chi connectivity index (χ2n) is 9.30. The number of aromatic nitrogens is 3. The molecule has 0 atom stereocenters. The number of carbonyl (C=O) groups excluding carboxylic acids is 1. The van der Waals surface area contributed by atoms with Crippen molar-refractivity contribution in [1.29, 1.82) is 0 Å². The minimum atomic E-state index is -4.98. The van der Waals surface area contributed by atoms with Crippen molar-refractivity contribution in [2.24, 2.45) is 11.1 Å². The van der Waals surface area contributed by atoms with E-state index in [1.54, 1.807) is 0 Å².